The van der Waals surface area contributed by atoms with Crippen LogP contribution in [0.5, 0.6) is 0 Å². The van der Waals surface area contributed by atoms with Gasteiger partial charge in [-0.1, -0.05) is 6.07 Å². The lowest BCUT2D eigenvalue weighted by atomic mass is 10.1. The number of carboxylic acid groups (broad SMARTS) is 1. The van der Waals surface area contributed by atoms with Crippen LogP contribution in [0.25, 0.3) is 6.08 Å². The lowest BCUT2D eigenvalue weighted by Gasteiger charge is -2.10. The standard InChI is InChI=1S/C14H17NO4S/c1-10-8-11(5-7-14(16)17)4-6-13(10)15-20(18,19)9-12-2-3-12/h4-8,12,15H,2-3,9H2,1H3,(H,16,17). The number of hydrogen-bond acceptors (Lipinski definition) is 3. The highest BCUT2D eigenvalue weighted by molar-refractivity contribution is 7.92. The van der Waals surface area contributed by atoms with Gasteiger partial charge in [-0.25, -0.2) is 13.2 Å². The van der Waals surface area contributed by atoms with E-state index in [2.05, 4.69) is 4.72 Å². The maximum Gasteiger partial charge on any atom is 0.328 e. The molecule has 0 atom stereocenters. The van der Waals surface area contributed by atoms with Crippen molar-refractivity contribution >= 4 is 27.8 Å². The van der Waals surface area contributed by atoms with Crippen LogP contribution in [0.3, 0.4) is 0 Å². The van der Waals surface area contributed by atoms with Gasteiger partial charge in [-0.05, 0) is 55.0 Å². The zero-order valence-corrected chi connectivity index (χ0v) is 12.0. The number of carboxylic acids is 1. The number of anilines is 1. The van der Waals surface area contributed by atoms with Crippen molar-refractivity contribution in [3.05, 3.63) is 35.4 Å². The highest BCUT2D eigenvalue weighted by Crippen LogP contribution is 2.31. The highest BCUT2D eigenvalue weighted by atomic mass is 32.2. The fourth-order valence-electron chi connectivity index (χ4n) is 1.88. The van der Waals surface area contributed by atoms with Crippen LogP contribution in [0.4, 0.5) is 5.69 Å². The SMILES string of the molecule is Cc1cc(C=CC(=O)O)ccc1NS(=O)(=O)CC1CC1. The molecule has 1 aliphatic carbocycles. The first kappa shape index (κ1) is 14.6. The first-order valence-corrected chi connectivity index (χ1v) is 8.03. The number of benzene rings is 1. The zero-order chi connectivity index (χ0) is 14.8. The fraction of sp³-hybridized carbons (Fsp3) is 0.357. The average molecular weight is 295 g/mol. The van der Waals surface area contributed by atoms with E-state index in [0.29, 0.717) is 11.6 Å². The molecule has 0 bridgehead atoms. The van der Waals surface area contributed by atoms with Crippen LogP contribution in [0, 0.1) is 12.8 Å². The summed E-state index contributed by atoms with van der Waals surface area (Å²) >= 11 is 0. The van der Waals surface area contributed by atoms with Crippen LogP contribution in [-0.4, -0.2) is 25.2 Å². The highest BCUT2D eigenvalue weighted by Gasteiger charge is 2.28. The molecule has 1 aromatic carbocycles. The predicted molar refractivity (Wildman–Crippen MR) is 78.0 cm³/mol. The fourth-order valence-corrected chi connectivity index (χ4v) is 3.48. The molecule has 0 spiro atoms. The van der Waals surface area contributed by atoms with Crippen LogP contribution >= 0.6 is 0 Å². The van der Waals surface area contributed by atoms with Crippen molar-refractivity contribution in [3.63, 3.8) is 0 Å². The summed E-state index contributed by atoms with van der Waals surface area (Å²) < 4.78 is 26.4. The molecule has 0 aliphatic heterocycles. The van der Waals surface area contributed by atoms with E-state index in [0.717, 1.165) is 30.0 Å². The second-order valence-electron chi connectivity index (χ2n) is 5.07. The minimum absolute atomic E-state index is 0.174. The Morgan fingerprint density at radius 2 is 2.15 bits per heavy atom. The third-order valence-corrected chi connectivity index (χ3v) is 4.53. The minimum Gasteiger partial charge on any atom is -0.478 e. The Hall–Kier alpha value is -1.82. The Bertz CT molecular complexity index is 645. The molecule has 1 aliphatic rings. The van der Waals surface area contributed by atoms with Gasteiger partial charge in [0.05, 0.1) is 11.4 Å². The van der Waals surface area contributed by atoms with Crippen molar-refractivity contribution in [2.45, 2.75) is 19.8 Å². The van der Waals surface area contributed by atoms with Gasteiger partial charge in [0, 0.05) is 6.08 Å². The maximum atomic E-state index is 11.9. The summed E-state index contributed by atoms with van der Waals surface area (Å²) in [5, 5.41) is 8.56. The van der Waals surface area contributed by atoms with Gasteiger partial charge in [0.15, 0.2) is 0 Å². The molecular formula is C14H17NO4S. The van der Waals surface area contributed by atoms with Crippen molar-refractivity contribution in [2.24, 2.45) is 5.92 Å². The summed E-state index contributed by atoms with van der Waals surface area (Å²) in [5.41, 5.74) is 2.02. The van der Waals surface area contributed by atoms with Gasteiger partial charge in [0.1, 0.15) is 0 Å². The van der Waals surface area contributed by atoms with E-state index in [4.69, 9.17) is 5.11 Å². The van der Waals surface area contributed by atoms with Gasteiger partial charge >= 0.3 is 5.97 Å². The molecule has 108 valence electrons. The monoisotopic (exact) mass is 295 g/mol. The molecule has 5 nitrogen and oxygen atoms in total. The van der Waals surface area contributed by atoms with E-state index in [1.54, 1.807) is 25.1 Å². The van der Waals surface area contributed by atoms with Gasteiger partial charge in [-0.3, -0.25) is 4.72 Å². The van der Waals surface area contributed by atoms with Crippen LogP contribution in [0.15, 0.2) is 24.3 Å². The Morgan fingerprint density at radius 3 is 2.70 bits per heavy atom. The molecule has 0 unspecified atom stereocenters. The van der Waals surface area contributed by atoms with Gasteiger partial charge in [0.25, 0.3) is 0 Å². The van der Waals surface area contributed by atoms with E-state index < -0.39 is 16.0 Å². The molecule has 0 saturated heterocycles. The minimum atomic E-state index is -3.29. The van der Waals surface area contributed by atoms with Gasteiger partial charge < -0.3 is 5.11 Å². The molecule has 1 aromatic rings. The van der Waals surface area contributed by atoms with Crippen molar-refractivity contribution in [2.75, 3.05) is 10.5 Å². The first-order valence-electron chi connectivity index (χ1n) is 6.38. The van der Waals surface area contributed by atoms with E-state index >= 15 is 0 Å². The Balaban J connectivity index is 2.11. The van der Waals surface area contributed by atoms with Gasteiger partial charge in [0.2, 0.25) is 10.0 Å². The summed E-state index contributed by atoms with van der Waals surface area (Å²) in [4.78, 5) is 10.4. The third-order valence-electron chi connectivity index (χ3n) is 3.09. The molecule has 1 saturated carbocycles. The van der Waals surface area contributed by atoms with E-state index in [9.17, 15) is 13.2 Å². The summed E-state index contributed by atoms with van der Waals surface area (Å²) in [7, 11) is -3.29. The molecule has 2 rings (SSSR count). The quantitative estimate of drug-likeness (QED) is 0.788. The third kappa shape index (κ3) is 4.38. The topological polar surface area (TPSA) is 83.5 Å². The van der Waals surface area contributed by atoms with Crippen LogP contribution in [-0.2, 0) is 14.8 Å². The van der Waals surface area contributed by atoms with Crippen molar-refractivity contribution in [3.8, 4) is 0 Å². The largest absolute Gasteiger partial charge is 0.478 e. The lowest BCUT2D eigenvalue weighted by Crippen LogP contribution is -2.18. The molecule has 1 fully saturated rings. The lowest BCUT2D eigenvalue weighted by molar-refractivity contribution is -0.131. The summed E-state index contributed by atoms with van der Waals surface area (Å²) in [5.74, 6) is -0.546. The van der Waals surface area contributed by atoms with Gasteiger partial charge in [-0.15, -0.1) is 0 Å². The van der Waals surface area contributed by atoms with Crippen molar-refractivity contribution in [1.29, 1.82) is 0 Å². The molecule has 0 amide bonds. The zero-order valence-electron chi connectivity index (χ0n) is 11.2. The number of aliphatic carboxylic acids is 1. The van der Waals surface area contributed by atoms with Crippen molar-refractivity contribution in [1.82, 2.24) is 0 Å². The first-order chi connectivity index (χ1) is 9.35. The van der Waals surface area contributed by atoms with E-state index in [1.165, 1.54) is 6.08 Å². The molecule has 20 heavy (non-hydrogen) atoms. The number of aryl methyl sites for hydroxylation is 1. The summed E-state index contributed by atoms with van der Waals surface area (Å²) in [6, 6.07) is 5.08. The van der Waals surface area contributed by atoms with E-state index in [-0.39, 0.29) is 5.75 Å². The Morgan fingerprint density at radius 1 is 1.45 bits per heavy atom. The van der Waals surface area contributed by atoms with Gasteiger partial charge in [-0.2, -0.15) is 0 Å². The second-order valence-corrected chi connectivity index (χ2v) is 6.84. The predicted octanol–water partition coefficient (Wildman–Crippen LogP) is 2.24. The maximum absolute atomic E-state index is 11.9. The smallest absolute Gasteiger partial charge is 0.328 e. The van der Waals surface area contributed by atoms with Crippen LogP contribution in [0.2, 0.25) is 0 Å². The molecule has 0 aromatic heterocycles. The Labute approximate surface area is 118 Å². The second kappa shape index (κ2) is 5.66. The molecule has 0 heterocycles. The normalized spacial score (nSPS) is 15.4. The number of carbonyl (C=O) groups is 1. The molecule has 6 heteroatoms. The Kier molecular flexibility index (Phi) is 4.13. The van der Waals surface area contributed by atoms with Crippen LogP contribution < -0.4 is 4.72 Å². The molecule has 0 radical (unpaired) electrons. The van der Waals surface area contributed by atoms with Crippen LogP contribution in [0.1, 0.15) is 24.0 Å². The number of sulfonamides is 1. The summed E-state index contributed by atoms with van der Waals surface area (Å²) in [6.07, 6.45) is 4.49. The number of nitrogens with one attached hydrogen (secondary N) is 1. The summed E-state index contributed by atoms with van der Waals surface area (Å²) in [6.45, 7) is 1.78. The number of hydrogen-bond donors (Lipinski definition) is 2. The average Bonchev–Trinajstić information content (AvgIpc) is 3.12. The number of rotatable bonds is 6. The molecule has 2 N–H and O–H groups in total. The van der Waals surface area contributed by atoms with Crippen molar-refractivity contribution < 1.29 is 18.3 Å². The van der Waals surface area contributed by atoms with E-state index in [1.807, 2.05) is 0 Å². The molecular weight excluding hydrogens is 278 g/mol.